The number of ether oxygens (including phenoxy) is 2. The Hall–Kier alpha value is -3.52. The van der Waals surface area contributed by atoms with Gasteiger partial charge in [0.15, 0.2) is 17.1 Å². The Morgan fingerprint density at radius 2 is 1.85 bits per heavy atom. The van der Waals surface area contributed by atoms with E-state index in [0.717, 1.165) is 33.1 Å². The van der Waals surface area contributed by atoms with E-state index < -0.39 is 0 Å². The summed E-state index contributed by atoms with van der Waals surface area (Å²) < 4.78 is 12.6. The predicted molar refractivity (Wildman–Crippen MR) is 130 cm³/mol. The molecule has 0 spiro atoms. The van der Waals surface area contributed by atoms with E-state index in [2.05, 4.69) is 10.4 Å². The number of carbonyl (C=O) groups is 1. The van der Waals surface area contributed by atoms with Crippen LogP contribution in [0.5, 0.6) is 11.5 Å². The molecule has 0 aliphatic heterocycles. The number of thioether (sulfide) groups is 1. The maximum Gasteiger partial charge on any atom is 0.230 e. The van der Waals surface area contributed by atoms with Crippen molar-refractivity contribution in [2.24, 2.45) is 0 Å². The Balaban J connectivity index is 1.55. The lowest BCUT2D eigenvalue weighted by molar-refractivity contribution is -0.119. The minimum absolute atomic E-state index is 0.0359. The van der Waals surface area contributed by atoms with Crippen LogP contribution in [-0.4, -0.2) is 40.5 Å². The quantitative estimate of drug-likeness (QED) is 0.302. The molecule has 0 aliphatic carbocycles. The van der Waals surface area contributed by atoms with E-state index in [9.17, 15) is 4.79 Å². The summed E-state index contributed by atoms with van der Waals surface area (Å²) in [6.45, 7) is 3.92. The number of rotatable bonds is 8. The summed E-state index contributed by atoms with van der Waals surface area (Å²) in [5.41, 5.74) is 4.45. The van der Waals surface area contributed by atoms with E-state index in [4.69, 9.17) is 14.5 Å². The first-order valence-electron chi connectivity index (χ1n) is 10.5. The summed E-state index contributed by atoms with van der Waals surface area (Å²) in [5.74, 6) is 1.54. The van der Waals surface area contributed by atoms with E-state index >= 15 is 0 Å². The number of hydrogen-bond donors (Lipinski definition) is 1. The fourth-order valence-electron chi connectivity index (χ4n) is 3.61. The number of benzene rings is 2. The predicted octanol–water partition coefficient (Wildman–Crippen LogP) is 4.69. The molecule has 33 heavy (non-hydrogen) atoms. The fraction of sp³-hybridized carbons (Fsp3) is 0.240. The van der Waals surface area contributed by atoms with Crippen LogP contribution in [0.1, 0.15) is 24.2 Å². The lowest BCUT2D eigenvalue weighted by Gasteiger charge is -2.14. The summed E-state index contributed by atoms with van der Waals surface area (Å²) in [7, 11) is 3.22. The molecule has 4 rings (SSSR count). The number of methoxy groups -OCH3 is 2. The van der Waals surface area contributed by atoms with Gasteiger partial charge in [-0.2, -0.15) is 5.10 Å². The molecular formula is C25H26N4O3S. The molecule has 4 aromatic rings. The van der Waals surface area contributed by atoms with Crippen molar-refractivity contribution in [1.82, 2.24) is 19.9 Å². The van der Waals surface area contributed by atoms with Gasteiger partial charge in [0.2, 0.25) is 5.91 Å². The number of nitrogens with zero attached hydrogens (tertiary/aromatic N) is 3. The molecule has 7 nitrogen and oxygen atoms in total. The van der Waals surface area contributed by atoms with Crippen molar-refractivity contribution < 1.29 is 14.3 Å². The van der Waals surface area contributed by atoms with E-state index in [-0.39, 0.29) is 17.7 Å². The smallest absolute Gasteiger partial charge is 0.230 e. The molecule has 0 fully saturated rings. The third-order valence-electron chi connectivity index (χ3n) is 5.29. The number of aryl methyl sites for hydroxylation is 1. The molecule has 0 saturated carbocycles. The topological polar surface area (TPSA) is 77.8 Å². The third-order valence-corrected chi connectivity index (χ3v) is 6.28. The van der Waals surface area contributed by atoms with E-state index in [1.807, 2.05) is 68.4 Å². The molecule has 2 aromatic carbocycles. The first-order chi connectivity index (χ1) is 16.0. The number of nitrogens with one attached hydrogen (secondary N) is 1. The van der Waals surface area contributed by atoms with Crippen LogP contribution in [0, 0.1) is 6.92 Å². The van der Waals surface area contributed by atoms with Gasteiger partial charge in [0, 0.05) is 11.3 Å². The van der Waals surface area contributed by atoms with Crippen LogP contribution in [0.2, 0.25) is 0 Å². The van der Waals surface area contributed by atoms with Crippen molar-refractivity contribution in [2.45, 2.75) is 24.9 Å². The van der Waals surface area contributed by atoms with Crippen LogP contribution < -0.4 is 14.8 Å². The van der Waals surface area contributed by atoms with Gasteiger partial charge in [-0.3, -0.25) is 4.79 Å². The van der Waals surface area contributed by atoms with Crippen molar-refractivity contribution in [3.05, 3.63) is 72.1 Å². The van der Waals surface area contributed by atoms with Crippen molar-refractivity contribution in [3.63, 3.8) is 0 Å². The van der Waals surface area contributed by atoms with Crippen LogP contribution in [-0.2, 0) is 4.79 Å². The summed E-state index contributed by atoms with van der Waals surface area (Å²) in [4.78, 5) is 17.3. The van der Waals surface area contributed by atoms with E-state index in [1.54, 1.807) is 24.9 Å². The highest BCUT2D eigenvalue weighted by molar-refractivity contribution is 7.99. The van der Waals surface area contributed by atoms with Gasteiger partial charge >= 0.3 is 0 Å². The number of amides is 1. The van der Waals surface area contributed by atoms with Gasteiger partial charge in [-0.1, -0.05) is 48.2 Å². The minimum atomic E-state index is -0.0557. The molecule has 2 heterocycles. The van der Waals surface area contributed by atoms with Gasteiger partial charge in [-0.05, 0) is 43.2 Å². The van der Waals surface area contributed by atoms with Crippen molar-refractivity contribution in [2.75, 3.05) is 20.0 Å². The third kappa shape index (κ3) is 4.96. The summed E-state index contributed by atoms with van der Waals surface area (Å²) in [5, 5.41) is 8.46. The SMILES string of the molecule is COc1ccc(-c2cnn3c(SCC(=O)N[C@H](C)c4ccccc4)cc(C)nc23)cc1OC. The average molecular weight is 463 g/mol. The zero-order valence-electron chi connectivity index (χ0n) is 19.0. The van der Waals surface area contributed by atoms with Gasteiger partial charge < -0.3 is 14.8 Å². The number of fused-ring (bicyclic) bond motifs is 1. The second-order valence-electron chi connectivity index (χ2n) is 7.59. The van der Waals surface area contributed by atoms with E-state index in [1.165, 1.54) is 11.8 Å². The molecule has 1 N–H and O–H groups in total. The van der Waals surface area contributed by atoms with Crippen LogP contribution in [0.15, 0.2) is 65.8 Å². The molecule has 8 heteroatoms. The first kappa shape index (κ1) is 22.7. The molecule has 0 radical (unpaired) electrons. The summed E-state index contributed by atoms with van der Waals surface area (Å²) in [6.07, 6.45) is 1.78. The Morgan fingerprint density at radius 3 is 2.58 bits per heavy atom. The average Bonchev–Trinajstić information content (AvgIpc) is 3.26. The molecule has 2 aromatic heterocycles. The monoisotopic (exact) mass is 462 g/mol. The zero-order valence-corrected chi connectivity index (χ0v) is 19.8. The maximum absolute atomic E-state index is 12.6. The minimum Gasteiger partial charge on any atom is -0.493 e. The highest BCUT2D eigenvalue weighted by Crippen LogP contribution is 2.34. The van der Waals surface area contributed by atoms with Crippen LogP contribution in [0.25, 0.3) is 16.8 Å². The summed E-state index contributed by atoms with van der Waals surface area (Å²) in [6, 6.07) is 17.5. The Morgan fingerprint density at radius 1 is 1.09 bits per heavy atom. The number of carbonyl (C=O) groups excluding carboxylic acids is 1. The lowest BCUT2D eigenvalue weighted by atomic mass is 10.1. The van der Waals surface area contributed by atoms with Gasteiger partial charge in [-0.25, -0.2) is 9.50 Å². The largest absolute Gasteiger partial charge is 0.493 e. The van der Waals surface area contributed by atoms with Crippen LogP contribution >= 0.6 is 11.8 Å². The molecule has 0 unspecified atom stereocenters. The highest BCUT2D eigenvalue weighted by Gasteiger charge is 2.16. The Bertz CT molecular complexity index is 1270. The molecule has 170 valence electrons. The molecule has 0 aliphatic rings. The van der Waals surface area contributed by atoms with Crippen molar-refractivity contribution >= 4 is 23.3 Å². The Kier molecular flexibility index (Phi) is 6.84. The van der Waals surface area contributed by atoms with Gasteiger partial charge in [0.25, 0.3) is 0 Å². The lowest BCUT2D eigenvalue weighted by Crippen LogP contribution is -2.28. The number of hydrogen-bond acceptors (Lipinski definition) is 6. The second kappa shape index (κ2) is 9.95. The number of aromatic nitrogens is 3. The first-order valence-corrected chi connectivity index (χ1v) is 11.5. The fourth-order valence-corrected chi connectivity index (χ4v) is 4.48. The van der Waals surface area contributed by atoms with Crippen LogP contribution in [0.3, 0.4) is 0 Å². The zero-order chi connectivity index (χ0) is 23.4. The Labute approximate surface area is 197 Å². The van der Waals surface area contributed by atoms with Crippen molar-refractivity contribution in [1.29, 1.82) is 0 Å². The standard InChI is InChI=1S/C25H26N4O3S/c1-16-12-24(33-15-23(30)28-17(2)18-8-6-5-7-9-18)29-25(27-16)20(14-26-29)19-10-11-21(31-3)22(13-19)32-4/h5-14,17H,15H2,1-4H3,(H,28,30)/t17-/m1/s1. The van der Waals surface area contributed by atoms with Crippen LogP contribution in [0.4, 0.5) is 0 Å². The molecular weight excluding hydrogens is 436 g/mol. The second-order valence-corrected chi connectivity index (χ2v) is 8.58. The van der Waals surface area contributed by atoms with E-state index in [0.29, 0.717) is 11.5 Å². The van der Waals surface area contributed by atoms with Gasteiger partial charge in [-0.15, -0.1) is 0 Å². The maximum atomic E-state index is 12.6. The molecule has 1 amide bonds. The normalized spacial score (nSPS) is 11.9. The highest BCUT2D eigenvalue weighted by atomic mass is 32.2. The molecule has 0 saturated heterocycles. The van der Waals surface area contributed by atoms with Crippen molar-refractivity contribution in [3.8, 4) is 22.6 Å². The van der Waals surface area contributed by atoms with Gasteiger partial charge in [0.05, 0.1) is 32.2 Å². The molecule has 0 bridgehead atoms. The van der Waals surface area contributed by atoms with Gasteiger partial charge in [0.1, 0.15) is 5.03 Å². The molecule has 1 atom stereocenters. The summed E-state index contributed by atoms with van der Waals surface area (Å²) >= 11 is 1.44.